The molecule has 0 saturated carbocycles. The Bertz CT molecular complexity index is 785. The third-order valence-electron chi connectivity index (χ3n) is 3.82. The van der Waals surface area contributed by atoms with E-state index in [0.717, 1.165) is 5.56 Å². The van der Waals surface area contributed by atoms with E-state index < -0.39 is 5.97 Å². The Labute approximate surface area is 151 Å². The number of anilines is 1. The maximum Gasteiger partial charge on any atom is 0.335 e. The Morgan fingerprint density at radius 2 is 1.58 bits per heavy atom. The average Bonchev–Trinajstić information content (AvgIpc) is 2.66. The van der Waals surface area contributed by atoms with Gasteiger partial charge in [0.2, 0.25) is 11.7 Å². The standard InChI is InChI=1S/C19H21NO6/c1-24-15-10-9-14(17(25-2)18(15)26-3)20-16(21)11-6-12-4-7-13(8-5-12)19(22)23/h4-5,7-10H,6,11H2,1-3H3,(H,20,21)(H,22,23). The van der Waals surface area contributed by atoms with Gasteiger partial charge in [-0.2, -0.15) is 0 Å². The second-order valence-corrected chi connectivity index (χ2v) is 5.43. The number of benzene rings is 2. The molecule has 0 aliphatic heterocycles. The highest BCUT2D eigenvalue weighted by Crippen LogP contribution is 2.42. The third kappa shape index (κ3) is 4.44. The minimum atomic E-state index is -0.977. The molecule has 0 aliphatic carbocycles. The van der Waals surface area contributed by atoms with Crippen LogP contribution in [0, 0.1) is 0 Å². The lowest BCUT2D eigenvalue weighted by Crippen LogP contribution is -2.13. The van der Waals surface area contributed by atoms with Crippen molar-refractivity contribution < 1.29 is 28.9 Å². The smallest absolute Gasteiger partial charge is 0.335 e. The first-order valence-corrected chi connectivity index (χ1v) is 7.91. The molecule has 7 heteroatoms. The lowest BCUT2D eigenvalue weighted by Gasteiger charge is -2.16. The Kier molecular flexibility index (Phi) is 6.43. The van der Waals surface area contributed by atoms with E-state index in [1.807, 2.05) is 0 Å². The second kappa shape index (κ2) is 8.75. The minimum absolute atomic E-state index is 0.196. The number of nitrogens with one attached hydrogen (secondary N) is 1. The number of carboxylic acid groups (broad SMARTS) is 1. The molecule has 0 aromatic heterocycles. The van der Waals surface area contributed by atoms with E-state index in [0.29, 0.717) is 29.4 Å². The van der Waals surface area contributed by atoms with E-state index in [1.54, 1.807) is 24.3 Å². The summed E-state index contributed by atoms with van der Waals surface area (Å²) in [4.78, 5) is 23.1. The van der Waals surface area contributed by atoms with E-state index >= 15 is 0 Å². The molecule has 0 unspecified atom stereocenters. The van der Waals surface area contributed by atoms with Gasteiger partial charge in [-0.15, -0.1) is 0 Å². The zero-order valence-electron chi connectivity index (χ0n) is 14.9. The molecule has 0 aliphatic rings. The number of aromatic carboxylic acids is 1. The third-order valence-corrected chi connectivity index (χ3v) is 3.82. The SMILES string of the molecule is COc1ccc(NC(=O)CCc2ccc(C(=O)O)cc2)c(OC)c1OC. The van der Waals surface area contributed by atoms with Gasteiger partial charge in [-0.05, 0) is 36.2 Å². The molecule has 0 bridgehead atoms. The van der Waals surface area contributed by atoms with Crippen LogP contribution in [0.5, 0.6) is 17.2 Å². The maximum absolute atomic E-state index is 12.3. The van der Waals surface area contributed by atoms with Crippen molar-refractivity contribution in [2.24, 2.45) is 0 Å². The molecular weight excluding hydrogens is 338 g/mol. The Morgan fingerprint density at radius 3 is 2.12 bits per heavy atom. The van der Waals surface area contributed by atoms with Gasteiger partial charge >= 0.3 is 5.97 Å². The normalized spacial score (nSPS) is 10.1. The van der Waals surface area contributed by atoms with Gasteiger partial charge in [0, 0.05) is 6.42 Å². The zero-order valence-corrected chi connectivity index (χ0v) is 14.9. The molecule has 26 heavy (non-hydrogen) atoms. The van der Waals surface area contributed by atoms with E-state index in [-0.39, 0.29) is 17.9 Å². The number of hydrogen-bond acceptors (Lipinski definition) is 5. The maximum atomic E-state index is 12.3. The Hall–Kier alpha value is -3.22. The van der Waals surface area contributed by atoms with Crippen LogP contribution in [0.1, 0.15) is 22.3 Å². The molecule has 0 heterocycles. The number of amides is 1. The van der Waals surface area contributed by atoms with Crippen molar-refractivity contribution >= 4 is 17.6 Å². The molecular formula is C19H21NO6. The average molecular weight is 359 g/mol. The monoisotopic (exact) mass is 359 g/mol. The lowest BCUT2D eigenvalue weighted by molar-refractivity contribution is -0.116. The summed E-state index contributed by atoms with van der Waals surface area (Å²) in [6, 6.07) is 9.81. The van der Waals surface area contributed by atoms with Crippen molar-refractivity contribution in [1.82, 2.24) is 0 Å². The van der Waals surface area contributed by atoms with Crippen LogP contribution in [-0.2, 0) is 11.2 Å². The van der Waals surface area contributed by atoms with Crippen LogP contribution >= 0.6 is 0 Å². The number of carbonyl (C=O) groups is 2. The van der Waals surface area contributed by atoms with Crippen molar-refractivity contribution in [3.8, 4) is 17.2 Å². The fourth-order valence-electron chi connectivity index (χ4n) is 2.48. The number of aryl methyl sites for hydroxylation is 1. The lowest BCUT2D eigenvalue weighted by atomic mass is 10.1. The van der Waals surface area contributed by atoms with Crippen LogP contribution < -0.4 is 19.5 Å². The number of rotatable bonds is 8. The second-order valence-electron chi connectivity index (χ2n) is 5.43. The van der Waals surface area contributed by atoms with Gasteiger partial charge in [0.15, 0.2) is 11.5 Å². The Balaban J connectivity index is 2.04. The number of ether oxygens (including phenoxy) is 3. The van der Waals surface area contributed by atoms with E-state index in [2.05, 4.69) is 5.32 Å². The molecule has 2 N–H and O–H groups in total. The van der Waals surface area contributed by atoms with Gasteiger partial charge in [-0.3, -0.25) is 4.79 Å². The van der Waals surface area contributed by atoms with Gasteiger partial charge in [0.25, 0.3) is 0 Å². The largest absolute Gasteiger partial charge is 0.493 e. The van der Waals surface area contributed by atoms with Crippen molar-refractivity contribution in [3.63, 3.8) is 0 Å². The van der Waals surface area contributed by atoms with E-state index in [1.165, 1.54) is 33.5 Å². The van der Waals surface area contributed by atoms with Gasteiger partial charge in [0.05, 0.1) is 32.6 Å². The van der Waals surface area contributed by atoms with Crippen LogP contribution in [0.2, 0.25) is 0 Å². The fourth-order valence-corrected chi connectivity index (χ4v) is 2.48. The summed E-state index contributed by atoms with van der Waals surface area (Å²) in [7, 11) is 4.49. The fraction of sp³-hybridized carbons (Fsp3) is 0.263. The molecule has 2 aromatic rings. The quantitative estimate of drug-likeness (QED) is 0.752. The highest BCUT2D eigenvalue weighted by molar-refractivity contribution is 5.93. The Morgan fingerprint density at radius 1 is 0.923 bits per heavy atom. The molecule has 0 fully saturated rings. The molecule has 1 amide bonds. The number of methoxy groups -OCH3 is 3. The van der Waals surface area contributed by atoms with Crippen molar-refractivity contribution in [1.29, 1.82) is 0 Å². The van der Waals surface area contributed by atoms with E-state index in [4.69, 9.17) is 19.3 Å². The summed E-state index contributed by atoms with van der Waals surface area (Å²) in [5, 5.41) is 11.7. The predicted octanol–water partition coefficient (Wildman–Crippen LogP) is 2.98. The van der Waals surface area contributed by atoms with Gasteiger partial charge in [-0.25, -0.2) is 4.79 Å². The first kappa shape index (κ1) is 19.1. The van der Waals surface area contributed by atoms with Gasteiger partial charge in [0.1, 0.15) is 0 Å². The topological polar surface area (TPSA) is 94.1 Å². The molecule has 0 saturated heterocycles. The van der Waals surface area contributed by atoms with Crippen molar-refractivity contribution in [3.05, 3.63) is 47.5 Å². The summed E-state index contributed by atoms with van der Waals surface area (Å²) in [6.45, 7) is 0. The van der Waals surface area contributed by atoms with Crippen LogP contribution in [-0.4, -0.2) is 38.3 Å². The molecule has 2 aromatic carbocycles. The van der Waals surface area contributed by atoms with Gasteiger partial charge < -0.3 is 24.6 Å². The molecule has 0 atom stereocenters. The summed E-state index contributed by atoms with van der Waals surface area (Å²) in [6.07, 6.45) is 0.727. The number of hydrogen-bond donors (Lipinski definition) is 2. The van der Waals surface area contributed by atoms with Crippen molar-refractivity contribution in [2.45, 2.75) is 12.8 Å². The number of carboxylic acids is 1. The predicted molar refractivity (Wildman–Crippen MR) is 96.5 cm³/mol. The first-order chi connectivity index (χ1) is 12.5. The highest BCUT2D eigenvalue weighted by Gasteiger charge is 2.17. The zero-order chi connectivity index (χ0) is 19.1. The van der Waals surface area contributed by atoms with Crippen LogP contribution in [0.4, 0.5) is 5.69 Å². The first-order valence-electron chi connectivity index (χ1n) is 7.91. The molecule has 0 spiro atoms. The van der Waals surface area contributed by atoms with E-state index in [9.17, 15) is 9.59 Å². The minimum Gasteiger partial charge on any atom is -0.493 e. The number of carbonyl (C=O) groups excluding carboxylic acids is 1. The van der Waals surface area contributed by atoms with Crippen LogP contribution in [0.15, 0.2) is 36.4 Å². The summed E-state index contributed by atoms with van der Waals surface area (Å²) in [5.41, 5.74) is 1.58. The summed E-state index contributed by atoms with van der Waals surface area (Å²) in [5.74, 6) is 0.108. The summed E-state index contributed by atoms with van der Waals surface area (Å²) < 4.78 is 15.8. The molecule has 2 rings (SSSR count). The highest BCUT2D eigenvalue weighted by atomic mass is 16.5. The van der Waals surface area contributed by atoms with Crippen molar-refractivity contribution in [2.75, 3.05) is 26.6 Å². The molecule has 0 radical (unpaired) electrons. The summed E-state index contributed by atoms with van der Waals surface area (Å²) >= 11 is 0. The van der Waals surface area contributed by atoms with Gasteiger partial charge in [-0.1, -0.05) is 12.1 Å². The molecule has 138 valence electrons. The van der Waals surface area contributed by atoms with Crippen LogP contribution in [0.25, 0.3) is 0 Å². The van der Waals surface area contributed by atoms with Crippen LogP contribution in [0.3, 0.4) is 0 Å². The molecule has 7 nitrogen and oxygen atoms in total.